The fraction of sp³-hybridized carbons (Fsp3) is 0.182. The van der Waals surface area contributed by atoms with Crippen molar-refractivity contribution in [2.45, 2.75) is 13.5 Å². The summed E-state index contributed by atoms with van der Waals surface area (Å²) in [5.41, 5.74) is 0.799. The normalized spacial score (nSPS) is 11.1. The van der Waals surface area contributed by atoms with Gasteiger partial charge in [-0.1, -0.05) is 0 Å². The molecule has 4 nitrogen and oxygen atoms in total. The highest BCUT2D eigenvalue weighted by Gasteiger charge is 2.06. The van der Waals surface area contributed by atoms with Crippen molar-refractivity contribution in [1.82, 2.24) is 14.5 Å². The highest BCUT2D eigenvalue weighted by Crippen LogP contribution is 2.15. The third-order valence-electron chi connectivity index (χ3n) is 2.43. The molecule has 86 valence electrons. The van der Waals surface area contributed by atoms with E-state index < -0.39 is 0 Å². The van der Waals surface area contributed by atoms with E-state index in [9.17, 15) is 4.79 Å². The molecule has 0 aliphatic carbocycles. The highest BCUT2D eigenvalue weighted by molar-refractivity contribution is 7.17. The molecule has 0 aliphatic rings. The lowest BCUT2D eigenvalue weighted by Crippen LogP contribution is -2.19. The third kappa shape index (κ3) is 1.89. The van der Waals surface area contributed by atoms with Crippen LogP contribution in [0.5, 0.6) is 0 Å². The number of nitrogens with zero attached hydrogens (tertiary/aromatic N) is 3. The van der Waals surface area contributed by atoms with Gasteiger partial charge in [-0.05, 0) is 18.4 Å². The second kappa shape index (κ2) is 4.05. The predicted molar refractivity (Wildman–Crippen MR) is 69.8 cm³/mol. The van der Waals surface area contributed by atoms with Crippen molar-refractivity contribution in [3.8, 4) is 0 Å². The van der Waals surface area contributed by atoms with E-state index >= 15 is 0 Å². The predicted octanol–water partition coefficient (Wildman–Crippen LogP) is 2.27. The lowest BCUT2D eigenvalue weighted by Gasteiger charge is -2.01. The van der Waals surface area contributed by atoms with Crippen molar-refractivity contribution in [3.05, 3.63) is 44.2 Å². The summed E-state index contributed by atoms with van der Waals surface area (Å²) < 4.78 is 2.35. The first kappa shape index (κ1) is 10.6. The maximum Gasteiger partial charge on any atom is 0.271 e. The molecule has 3 rings (SSSR count). The van der Waals surface area contributed by atoms with Crippen LogP contribution >= 0.6 is 22.7 Å². The van der Waals surface area contributed by atoms with E-state index in [1.165, 1.54) is 11.3 Å². The number of thiophene rings is 1. The van der Waals surface area contributed by atoms with Crippen molar-refractivity contribution < 1.29 is 0 Å². The van der Waals surface area contributed by atoms with Crippen molar-refractivity contribution in [1.29, 1.82) is 0 Å². The highest BCUT2D eigenvalue weighted by atomic mass is 32.1. The van der Waals surface area contributed by atoms with Gasteiger partial charge in [0.25, 0.3) is 5.56 Å². The van der Waals surface area contributed by atoms with Crippen LogP contribution in [0.15, 0.2) is 28.8 Å². The standard InChI is InChI=1S/C11H9N3OS2/c1-7-12-4-8(17-7)5-14-6-13-9-2-3-16-10(9)11(14)15/h2-4,6H,5H2,1H3. The van der Waals surface area contributed by atoms with E-state index in [1.807, 2.05) is 24.6 Å². The molecule has 0 atom stereocenters. The Balaban J connectivity index is 2.06. The van der Waals surface area contributed by atoms with Gasteiger partial charge >= 0.3 is 0 Å². The van der Waals surface area contributed by atoms with Crippen molar-refractivity contribution in [2.24, 2.45) is 0 Å². The first-order valence-electron chi connectivity index (χ1n) is 5.08. The fourth-order valence-electron chi connectivity index (χ4n) is 1.64. The first-order chi connectivity index (χ1) is 8.24. The summed E-state index contributed by atoms with van der Waals surface area (Å²) in [6, 6.07) is 1.86. The van der Waals surface area contributed by atoms with Gasteiger partial charge in [-0.2, -0.15) is 0 Å². The summed E-state index contributed by atoms with van der Waals surface area (Å²) in [5.74, 6) is 0. The second-order valence-electron chi connectivity index (χ2n) is 3.66. The Hall–Kier alpha value is -1.53. The molecule has 0 spiro atoms. The Morgan fingerprint density at radius 1 is 1.41 bits per heavy atom. The molecular weight excluding hydrogens is 254 g/mol. The minimum Gasteiger partial charge on any atom is -0.293 e. The summed E-state index contributed by atoms with van der Waals surface area (Å²) in [6.45, 7) is 2.50. The number of rotatable bonds is 2. The summed E-state index contributed by atoms with van der Waals surface area (Å²) in [5, 5.41) is 2.90. The molecule has 6 heteroatoms. The van der Waals surface area contributed by atoms with Gasteiger partial charge in [0.1, 0.15) is 4.70 Å². The molecule has 0 bridgehead atoms. The quantitative estimate of drug-likeness (QED) is 0.712. The fourth-order valence-corrected chi connectivity index (χ4v) is 3.22. The zero-order valence-corrected chi connectivity index (χ0v) is 10.7. The largest absolute Gasteiger partial charge is 0.293 e. The van der Waals surface area contributed by atoms with Crippen LogP contribution in [0, 0.1) is 6.92 Å². The monoisotopic (exact) mass is 263 g/mol. The average molecular weight is 263 g/mol. The molecule has 0 saturated carbocycles. The number of aromatic nitrogens is 3. The van der Waals surface area contributed by atoms with Gasteiger partial charge in [0.2, 0.25) is 0 Å². The van der Waals surface area contributed by atoms with Gasteiger partial charge < -0.3 is 0 Å². The van der Waals surface area contributed by atoms with Crippen LogP contribution in [0.25, 0.3) is 10.2 Å². The molecule has 0 fully saturated rings. The van der Waals surface area contributed by atoms with Crippen LogP contribution in [0.4, 0.5) is 0 Å². The molecule has 0 aromatic carbocycles. The molecule has 3 aromatic rings. The van der Waals surface area contributed by atoms with Crippen molar-refractivity contribution >= 4 is 32.9 Å². The molecule has 0 aliphatic heterocycles. The summed E-state index contributed by atoms with van der Waals surface area (Å²) in [4.78, 5) is 21.6. The van der Waals surface area contributed by atoms with Crippen LogP contribution in [0.1, 0.15) is 9.88 Å². The van der Waals surface area contributed by atoms with Crippen LogP contribution in [0.3, 0.4) is 0 Å². The maximum atomic E-state index is 12.1. The summed E-state index contributed by atoms with van der Waals surface area (Å²) >= 11 is 3.04. The molecule has 17 heavy (non-hydrogen) atoms. The lowest BCUT2D eigenvalue weighted by molar-refractivity contribution is 0.758. The van der Waals surface area contributed by atoms with E-state index in [0.29, 0.717) is 11.2 Å². The Morgan fingerprint density at radius 3 is 3.06 bits per heavy atom. The van der Waals surface area contributed by atoms with Gasteiger partial charge in [-0.15, -0.1) is 22.7 Å². The molecule has 3 aromatic heterocycles. The Kier molecular flexibility index (Phi) is 2.53. The Morgan fingerprint density at radius 2 is 2.29 bits per heavy atom. The molecular formula is C11H9N3OS2. The van der Waals surface area contributed by atoms with Gasteiger partial charge in [-0.3, -0.25) is 9.36 Å². The number of fused-ring (bicyclic) bond motifs is 1. The van der Waals surface area contributed by atoms with Crippen LogP contribution in [0.2, 0.25) is 0 Å². The molecule has 0 saturated heterocycles. The summed E-state index contributed by atoms with van der Waals surface area (Å²) in [6.07, 6.45) is 3.41. The van der Waals surface area contributed by atoms with Gasteiger partial charge in [-0.25, -0.2) is 9.97 Å². The minimum absolute atomic E-state index is 0.0241. The van der Waals surface area contributed by atoms with Crippen LogP contribution in [-0.4, -0.2) is 14.5 Å². The van der Waals surface area contributed by atoms with E-state index in [4.69, 9.17) is 0 Å². The molecule has 0 unspecified atom stereocenters. The molecule has 0 radical (unpaired) electrons. The second-order valence-corrected chi connectivity index (χ2v) is 5.89. The topological polar surface area (TPSA) is 47.8 Å². The van der Waals surface area contributed by atoms with Gasteiger partial charge in [0, 0.05) is 11.1 Å². The number of hydrogen-bond donors (Lipinski definition) is 0. The SMILES string of the molecule is Cc1ncc(Cn2cnc3ccsc3c2=O)s1. The number of aryl methyl sites for hydroxylation is 1. The van der Waals surface area contributed by atoms with E-state index in [1.54, 1.807) is 22.2 Å². The first-order valence-corrected chi connectivity index (χ1v) is 6.77. The van der Waals surface area contributed by atoms with E-state index in [2.05, 4.69) is 9.97 Å². The van der Waals surface area contributed by atoms with Crippen LogP contribution < -0.4 is 5.56 Å². The summed E-state index contributed by atoms with van der Waals surface area (Å²) in [7, 11) is 0. The molecule has 0 amide bonds. The van der Waals surface area contributed by atoms with E-state index in [0.717, 1.165) is 15.4 Å². The number of thiazole rings is 1. The van der Waals surface area contributed by atoms with Crippen molar-refractivity contribution in [2.75, 3.05) is 0 Å². The maximum absolute atomic E-state index is 12.1. The smallest absolute Gasteiger partial charge is 0.271 e. The van der Waals surface area contributed by atoms with Crippen molar-refractivity contribution in [3.63, 3.8) is 0 Å². The zero-order valence-electron chi connectivity index (χ0n) is 9.08. The minimum atomic E-state index is 0.0241. The zero-order chi connectivity index (χ0) is 11.8. The Labute approximate surface area is 105 Å². The van der Waals surface area contributed by atoms with E-state index in [-0.39, 0.29) is 5.56 Å². The molecule has 0 N–H and O–H groups in total. The third-order valence-corrected chi connectivity index (χ3v) is 4.22. The van der Waals surface area contributed by atoms with Crippen LogP contribution in [-0.2, 0) is 6.54 Å². The van der Waals surface area contributed by atoms with Gasteiger partial charge in [0.15, 0.2) is 0 Å². The number of hydrogen-bond acceptors (Lipinski definition) is 5. The molecule has 3 heterocycles. The lowest BCUT2D eigenvalue weighted by atomic mass is 10.4. The average Bonchev–Trinajstić information content (AvgIpc) is 2.92. The Bertz CT molecular complexity index is 725. The van der Waals surface area contributed by atoms with Gasteiger partial charge in [0.05, 0.1) is 23.4 Å².